The molecule has 4 nitrogen and oxygen atoms in total. The van der Waals surface area contributed by atoms with Gasteiger partial charge >= 0.3 is 5.97 Å². The number of hydrogen-bond donors (Lipinski definition) is 1. The molecule has 1 N–H and O–H groups in total. The number of carbonyl (C=O) groups excluding carboxylic acids is 1. The van der Waals surface area contributed by atoms with Crippen molar-refractivity contribution >= 4 is 5.97 Å². The van der Waals surface area contributed by atoms with Gasteiger partial charge in [-0.3, -0.25) is 4.79 Å². The third kappa shape index (κ3) is 1.44. The van der Waals surface area contributed by atoms with Crippen LogP contribution in [0, 0.1) is 5.92 Å². The number of aliphatic hydroxyl groups is 1. The second kappa shape index (κ2) is 3.27. The number of methoxy groups -OCH3 is 1. The fraction of sp³-hybridized carbons (Fsp3) is 0.889. The molecule has 0 amide bonds. The highest BCUT2D eigenvalue weighted by Crippen LogP contribution is 2.37. The van der Waals surface area contributed by atoms with Crippen LogP contribution in [0.4, 0.5) is 0 Å². The van der Waals surface area contributed by atoms with Crippen molar-refractivity contribution in [3.05, 3.63) is 0 Å². The minimum absolute atomic E-state index is 0.124. The van der Waals surface area contributed by atoms with Crippen LogP contribution >= 0.6 is 0 Å². The molecule has 2 heterocycles. The molecule has 0 aliphatic carbocycles. The molecule has 2 bridgehead atoms. The van der Waals surface area contributed by atoms with Gasteiger partial charge in [-0.25, -0.2) is 0 Å². The van der Waals surface area contributed by atoms with Crippen LogP contribution in [0.15, 0.2) is 0 Å². The van der Waals surface area contributed by atoms with Crippen molar-refractivity contribution in [2.75, 3.05) is 7.11 Å². The zero-order valence-electron chi connectivity index (χ0n) is 7.60. The van der Waals surface area contributed by atoms with Crippen molar-refractivity contribution in [3.63, 3.8) is 0 Å². The Bertz CT molecular complexity index is 216. The highest BCUT2D eigenvalue weighted by molar-refractivity contribution is 5.74. The van der Waals surface area contributed by atoms with Crippen molar-refractivity contribution in [2.45, 2.75) is 37.6 Å². The van der Waals surface area contributed by atoms with Gasteiger partial charge in [0.1, 0.15) is 5.92 Å². The van der Waals surface area contributed by atoms with Gasteiger partial charge in [0.25, 0.3) is 0 Å². The van der Waals surface area contributed by atoms with E-state index in [-0.39, 0.29) is 18.2 Å². The molecular formula is C9H14O4. The van der Waals surface area contributed by atoms with Crippen molar-refractivity contribution in [2.24, 2.45) is 5.92 Å². The highest BCUT2D eigenvalue weighted by Gasteiger charge is 2.46. The van der Waals surface area contributed by atoms with E-state index in [0.717, 1.165) is 12.8 Å². The molecule has 0 radical (unpaired) electrons. The van der Waals surface area contributed by atoms with E-state index in [2.05, 4.69) is 4.74 Å². The summed E-state index contributed by atoms with van der Waals surface area (Å²) in [4.78, 5) is 11.3. The third-order valence-electron chi connectivity index (χ3n) is 2.93. The Morgan fingerprint density at radius 3 is 3.00 bits per heavy atom. The normalized spacial score (nSPS) is 43.2. The first-order chi connectivity index (χ1) is 6.22. The number of fused-ring (bicyclic) bond motifs is 2. The molecular weight excluding hydrogens is 172 g/mol. The Morgan fingerprint density at radius 1 is 1.54 bits per heavy atom. The molecule has 2 aliphatic rings. The molecule has 74 valence electrons. The molecule has 0 saturated carbocycles. The van der Waals surface area contributed by atoms with Crippen LogP contribution < -0.4 is 0 Å². The van der Waals surface area contributed by atoms with E-state index in [0.29, 0.717) is 6.42 Å². The number of ether oxygens (including phenoxy) is 2. The summed E-state index contributed by atoms with van der Waals surface area (Å²) in [6.45, 7) is 0. The minimum atomic E-state index is -0.585. The summed E-state index contributed by atoms with van der Waals surface area (Å²) in [6, 6.07) is 0. The monoisotopic (exact) mass is 186 g/mol. The van der Waals surface area contributed by atoms with E-state index < -0.39 is 12.0 Å². The van der Waals surface area contributed by atoms with Gasteiger partial charge in [0.2, 0.25) is 0 Å². The van der Waals surface area contributed by atoms with Crippen LogP contribution in [0.5, 0.6) is 0 Å². The first kappa shape index (κ1) is 8.97. The SMILES string of the molecule is COC(=O)[C@H]1[C@H](O)C[C@@H]2CC[C@H]1O2. The second-order valence-electron chi connectivity index (χ2n) is 3.73. The minimum Gasteiger partial charge on any atom is -0.469 e. The van der Waals surface area contributed by atoms with Crippen molar-refractivity contribution in [3.8, 4) is 0 Å². The molecule has 0 aromatic carbocycles. The lowest BCUT2D eigenvalue weighted by Gasteiger charge is -2.31. The van der Waals surface area contributed by atoms with Crippen LogP contribution in [-0.2, 0) is 14.3 Å². The third-order valence-corrected chi connectivity index (χ3v) is 2.93. The van der Waals surface area contributed by atoms with E-state index in [4.69, 9.17) is 4.74 Å². The van der Waals surface area contributed by atoms with Crippen molar-refractivity contribution in [1.82, 2.24) is 0 Å². The largest absolute Gasteiger partial charge is 0.469 e. The lowest BCUT2D eigenvalue weighted by Crippen LogP contribution is -2.43. The van der Waals surface area contributed by atoms with Gasteiger partial charge in [0, 0.05) is 6.42 Å². The van der Waals surface area contributed by atoms with Gasteiger partial charge < -0.3 is 14.6 Å². The van der Waals surface area contributed by atoms with Gasteiger partial charge in [0.15, 0.2) is 0 Å². The van der Waals surface area contributed by atoms with Crippen LogP contribution in [0.1, 0.15) is 19.3 Å². The fourth-order valence-corrected chi connectivity index (χ4v) is 2.28. The number of aliphatic hydroxyl groups excluding tert-OH is 1. The van der Waals surface area contributed by atoms with E-state index in [1.54, 1.807) is 0 Å². The van der Waals surface area contributed by atoms with Crippen LogP contribution in [-0.4, -0.2) is 36.5 Å². The van der Waals surface area contributed by atoms with Gasteiger partial charge in [-0.15, -0.1) is 0 Å². The standard InChI is InChI=1S/C9H14O4/c1-12-9(11)8-6(10)4-5-2-3-7(8)13-5/h5-8,10H,2-4H2,1H3/t5-,6+,7+,8-/m0/s1. The lowest BCUT2D eigenvalue weighted by molar-refractivity contribution is -0.166. The van der Waals surface area contributed by atoms with Crippen LogP contribution in [0.2, 0.25) is 0 Å². The molecule has 0 aromatic heterocycles. The predicted octanol–water partition coefficient (Wildman–Crippen LogP) is 0.0878. The summed E-state index contributed by atoms with van der Waals surface area (Å²) in [7, 11) is 1.34. The van der Waals surface area contributed by atoms with E-state index in [9.17, 15) is 9.90 Å². The summed E-state index contributed by atoms with van der Waals surface area (Å²) in [5.41, 5.74) is 0. The number of rotatable bonds is 1. The molecule has 0 aromatic rings. The summed E-state index contributed by atoms with van der Waals surface area (Å²) < 4.78 is 10.2. The predicted molar refractivity (Wildman–Crippen MR) is 44.0 cm³/mol. The van der Waals surface area contributed by atoms with Gasteiger partial charge in [0.05, 0.1) is 25.4 Å². The van der Waals surface area contributed by atoms with Gasteiger partial charge in [-0.05, 0) is 12.8 Å². The fourth-order valence-electron chi connectivity index (χ4n) is 2.28. The Hall–Kier alpha value is -0.610. The zero-order chi connectivity index (χ0) is 9.42. The van der Waals surface area contributed by atoms with Gasteiger partial charge in [-0.1, -0.05) is 0 Å². The average molecular weight is 186 g/mol. The van der Waals surface area contributed by atoms with Crippen LogP contribution in [0.3, 0.4) is 0 Å². The molecule has 2 rings (SSSR count). The molecule has 0 unspecified atom stereocenters. The first-order valence-electron chi connectivity index (χ1n) is 4.63. The maximum absolute atomic E-state index is 11.3. The van der Waals surface area contributed by atoms with E-state index >= 15 is 0 Å². The van der Waals surface area contributed by atoms with Gasteiger partial charge in [-0.2, -0.15) is 0 Å². The summed E-state index contributed by atoms with van der Waals surface area (Å²) >= 11 is 0. The van der Waals surface area contributed by atoms with Crippen LogP contribution in [0.25, 0.3) is 0 Å². The topological polar surface area (TPSA) is 55.8 Å². The summed E-state index contributed by atoms with van der Waals surface area (Å²) in [5.74, 6) is -0.818. The smallest absolute Gasteiger partial charge is 0.313 e. The quantitative estimate of drug-likeness (QED) is 0.589. The number of hydrogen-bond acceptors (Lipinski definition) is 4. The number of esters is 1. The van der Waals surface area contributed by atoms with E-state index in [1.165, 1.54) is 7.11 Å². The highest BCUT2D eigenvalue weighted by atomic mass is 16.5. The molecule has 2 aliphatic heterocycles. The maximum Gasteiger partial charge on any atom is 0.313 e. The van der Waals surface area contributed by atoms with E-state index in [1.807, 2.05) is 0 Å². The molecule has 13 heavy (non-hydrogen) atoms. The second-order valence-corrected chi connectivity index (χ2v) is 3.73. The van der Waals surface area contributed by atoms with Crippen molar-refractivity contribution < 1.29 is 19.4 Å². The summed E-state index contributed by atoms with van der Waals surface area (Å²) in [6.07, 6.45) is 1.83. The molecule has 2 saturated heterocycles. The summed E-state index contributed by atoms with van der Waals surface area (Å²) in [5, 5.41) is 9.67. The molecule has 0 spiro atoms. The maximum atomic E-state index is 11.3. The Morgan fingerprint density at radius 2 is 2.31 bits per heavy atom. The average Bonchev–Trinajstić information content (AvgIpc) is 2.48. The van der Waals surface area contributed by atoms with Crippen molar-refractivity contribution in [1.29, 1.82) is 0 Å². The lowest BCUT2D eigenvalue weighted by atomic mass is 9.92. The Balaban J connectivity index is 2.11. The Labute approximate surface area is 76.8 Å². The first-order valence-corrected chi connectivity index (χ1v) is 4.63. The molecule has 2 fully saturated rings. The number of carbonyl (C=O) groups is 1. The molecule has 4 heteroatoms. The molecule has 4 atom stereocenters. The Kier molecular flexibility index (Phi) is 2.26. The zero-order valence-corrected chi connectivity index (χ0v) is 7.60.